The highest BCUT2D eigenvalue weighted by molar-refractivity contribution is 7.23. The summed E-state index contributed by atoms with van der Waals surface area (Å²) in [5.74, 6) is -1.12. The van der Waals surface area contributed by atoms with E-state index >= 15 is 0 Å². The summed E-state index contributed by atoms with van der Waals surface area (Å²) in [7, 11) is 0. The number of thiophene rings is 1. The van der Waals surface area contributed by atoms with Crippen LogP contribution >= 0.6 is 34.5 Å². The number of benzene rings is 1. The number of hydrogen-bond acceptors (Lipinski definition) is 5. The van der Waals surface area contributed by atoms with Gasteiger partial charge in [-0.15, -0.1) is 11.3 Å². The number of nitrogens with zero attached hydrogens (tertiary/aromatic N) is 1. The number of aromatic nitrogens is 1. The minimum atomic E-state index is -0.675. The Kier molecular flexibility index (Phi) is 6.68. The van der Waals surface area contributed by atoms with Gasteiger partial charge in [0.25, 0.3) is 5.91 Å². The molecule has 34 heavy (non-hydrogen) atoms. The number of ether oxygens (including phenoxy) is 1. The van der Waals surface area contributed by atoms with Crippen molar-refractivity contribution >= 4 is 62.5 Å². The van der Waals surface area contributed by atoms with E-state index in [0.29, 0.717) is 27.0 Å². The number of amides is 2. The lowest BCUT2D eigenvalue weighted by molar-refractivity contribution is -0.159. The smallest absolute Gasteiger partial charge is 0.326 e. The van der Waals surface area contributed by atoms with Crippen LogP contribution in [0.5, 0.6) is 0 Å². The van der Waals surface area contributed by atoms with Gasteiger partial charge >= 0.3 is 5.97 Å². The van der Waals surface area contributed by atoms with E-state index in [9.17, 15) is 14.4 Å². The molecule has 1 aliphatic rings. The highest BCUT2D eigenvalue weighted by Crippen LogP contribution is 2.39. The third kappa shape index (κ3) is 4.94. The van der Waals surface area contributed by atoms with Crippen LogP contribution in [-0.2, 0) is 20.7 Å². The lowest BCUT2D eigenvalue weighted by Gasteiger charge is -2.33. The Hall–Kier alpha value is -2.55. The highest BCUT2D eigenvalue weighted by atomic mass is 35.5. The molecule has 0 saturated heterocycles. The molecule has 0 aliphatic heterocycles. The van der Waals surface area contributed by atoms with Gasteiger partial charge in [0, 0.05) is 6.92 Å². The van der Waals surface area contributed by atoms with Crippen LogP contribution in [0.2, 0.25) is 9.36 Å². The van der Waals surface area contributed by atoms with E-state index in [1.165, 1.54) is 23.2 Å². The van der Waals surface area contributed by atoms with Crippen molar-refractivity contribution < 1.29 is 19.1 Å². The summed E-state index contributed by atoms with van der Waals surface area (Å²) in [5.41, 5.74) is 2.19. The topological polar surface area (TPSA) is 91.5 Å². The molecule has 0 unspecified atom stereocenters. The lowest BCUT2D eigenvalue weighted by Crippen LogP contribution is -2.48. The summed E-state index contributed by atoms with van der Waals surface area (Å²) in [6.45, 7) is 6.52. The van der Waals surface area contributed by atoms with Crippen LogP contribution in [-0.4, -0.2) is 45.9 Å². The van der Waals surface area contributed by atoms with E-state index < -0.39 is 23.7 Å². The van der Waals surface area contributed by atoms with Crippen molar-refractivity contribution in [3.8, 4) is 0 Å². The molecule has 2 atom stereocenters. The molecule has 2 aromatic heterocycles. The molecule has 0 radical (unpaired) electrons. The minimum absolute atomic E-state index is 0.218. The number of halogens is 2. The standard InChI is InChI=1S/C24H25Cl2N3O4S/c1-12(30)29(11-18(31)33-24(2,3)4)21-14-8-6-5-7-13(14)9-15(21)28-23(32)16-10-17-20(27-16)19(25)22(26)34-17/h5-8,10,15,21,27H,9,11H2,1-4H3,(H,28,32)/t15-,21-/m1/s1. The summed E-state index contributed by atoms with van der Waals surface area (Å²) >= 11 is 13.6. The zero-order chi connectivity index (χ0) is 24.8. The summed E-state index contributed by atoms with van der Waals surface area (Å²) < 4.78 is 6.69. The zero-order valence-electron chi connectivity index (χ0n) is 19.2. The van der Waals surface area contributed by atoms with Crippen LogP contribution in [0.4, 0.5) is 0 Å². The summed E-state index contributed by atoms with van der Waals surface area (Å²) in [4.78, 5) is 42.9. The van der Waals surface area contributed by atoms with Crippen molar-refractivity contribution in [1.82, 2.24) is 15.2 Å². The van der Waals surface area contributed by atoms with Gasteiger partial charge in [-0.3, -0.25) is 14.4 Å². The van der Waals surface area contributed by atoms with Gasteiger partial charge in [0.1, 0.15) is 22.2 Å². The lowest BCUT2D eigenvalue weighted by atomic mass is 10.0. The van der Waals surface area contributed by atoms with E-state index in [1.807, 2.05) is 24.3 Å². The van der Waals surface area contributed by atoms with Crippen LogP contribution in [0, 0.1) is 0 Å². The Balaban J connectivity index is 1.61. The van der Waals surface area contributed by atoms with E-state index in [-0.39, 0.29) is 18.4 Å². The molecule has 1 aliphatic carbocycles. The van der Waals surface area contributed by atoms with Crippen LogP contribution in [0.1, 0.15) is 55.4 Å². The first kappa shape index (κ1) is 24.6. The van der Waals surface area contributed by atoms with Gasteiger partial charge in [0.05, 0.1) is 27.3 Å². The Morgan fingerprint density at radius 2 is 1.94 bits per heavy atom. The van der Waals surface area contributed by atoms with Crippen molar-refractivity contribution in [3.05, 3.63) is 56.5 Å². The number of carbonyl (C=O) groups is 3. The summed E-state index contributed by atoms with van der Waals surface area (Å²) in [5, 5.41) is 3.43. The van der Waals surface area contributed by atoms with Gasteiger partial charge in [0.2, 0.25) is 5.91 Å². The summed E-state index contributed by atoms with van der Waals surface area (Å²) in [6.07, 6.45) is 0.520. The molecule has 2 amide bonds. The quantitative estimate of drug-likeness (QED) is 0.455. The van der Waals surface area contributed by atoms with E-state index in [2.05, 4.69) is 10.3 Å². The number of rotatable bonds is 5. The molecule has 180 valence electrons. The molecule has 1 aromatic carbocycles. The molecule has 2 N–H and O–H groups in total. The van der Waals surface area contributed by atoms with E-state index in [4.69, 9.17) is 27.9 Å². The molecular formula is C24H25Cl2N3O4S. The molecule has 0 spiro atoms. The fraction of sp³-hybridized carbons (Fsp3) is 0.375. The Morgan fingerprint density at radius 3 is 2.59 bits per heavy atom. The molecule has 0 saturated carbocycles. The van der Waals surface area contributed by atoms with Gasteiger partial charge in [-0.25, -0.2) is 0 Å². The third-order valence-corrected chi connectivity index (χ3v) is 7.52. The third-order valence-electron chi connectivity index (χ3n) is 5.59. The highest BCUT2D eigenvalue weighted by Gasteiger charge is 2.40. The maximum atomic E-state index is 13.2. The number of carbonyl (C=O) groups excluding carboxylic acids is 3. The second-order valence-electron chi connectivity index (χ2n) is 9.27. The van der Waals surface area contributed by atoms with Gasteiger partial charge in [-0.1, -0.05) is 47.5 Å². The predicted molar refractivity (Wildman–Crippen MR) is 134 cm³/mol. The van der Waals surface area contributed by atoms with Crippen LogP contribution in [0.25, 0.3) is 10.2 Å². The van der Waals surface area contributed by atoms with Gasteiger partial charge in [-0.05, 0) is 44.4 Å². The second kappa shape index (κ2) is 9.24. The molecule has 0 bridgehead atoms. The van der Waals surface area contributed by atoms with Crippen LogP contribution < -0.4 is 5.32 Å². The van der Waals surface area contributed by atoms with Crippen LogP contribution in [0.3, 0.4) is 0 Å². The Morgan fingerprint density at radius 1 is 1.24 bits per heavy atom. The van der Waals surface area contributed by atoms with E-state index in [1.54, 1.807) is 26.8 Å². The number of esters is 1. The first-order valence-corrected chi connectivity index (χ1v) is 12.4. The number of fused-ring (bicyclic) bond motifs is 2. The first-order valence-electron chi connectivity index (χ1n) is 10.8. The van der Waals surface area contributed by atoms with Gasteiger partial charge < -0.3 is 19.9 Å². The molecule has 3 aromatic rings. The monoisotopic (exact) mass is 521 g/mol. The Bertz CT molecular complexity index is 1280. The van der Waals surface area contributed by atoms with Gasteiger partial charge in [-0.2, -0.15) is 0 Å². The van der Waals surface area contributed by atoms with Crippen molar-refractivity contribution in [2.75, 3.05) is 6.54 Å². The van der Waals surface area contributed by atoms with Crippen molar-refractivity contribution in [3.63, 3.8) is 0 Å². The maximum absolute atomic E-state index is 13.2. The maximum Gasteiger partial charge on any atom is 0.326 e. The van der Waals surface area contributed by atoms with Crippen molar-refractivity contribution in [2.24, 2.45) is 0 Å². The fourth-order valence-corrected chi connectivity index (χ4v) is 5.78. The number of hydrogen-bond donors (Lipinski definition) is 2. The van der Waals surface area contributed by atoms with Gasteiger partial charge in [0.15, 0.2) is 0 Å². The number of aromatic amines is 1. The molecule has 2 heterocycles. The largest absolute Gasteiger partial charge is 0.459 e. The minimum Gasteiger partial charge on any atom is -0.459 e. The molecule has 10 heteroatoms. The van der Waals surface area contributed by atoms with Crippen molar-refractivity contribution in [2.45, 2.75) is 51.8 Å². The van der Waals surface area contributed by atoms with Crippen molar-refractivity contribution in [1.29, 1.82) is 0 Å². The second-order valence-corrected chi connectivity index (χ2v) is 11.3. The average molecular weight is 522 g/mol. The van der Waals surface area contributed by atoms with Crippen LogP contribution in [0.15, 0.2) is 30.3 Å². The first-order chi connectivity index (χ1) is 15.9. The number of nitrogens with one attached hydrogen (secondary N) is 2. The Labute approximate surface area is 211 Å². The normalized spacial score (nSPS) is 17.5. The number of H-pyrrole nitrogens is 1. The van der Waals surface area contributed by atoms with E-state index in [0.717, 1.165) is 15.8 Å². The molecular weight excluding hydrogens is 497 g/mol. The average Bonchev–Trinajstić information content (AvgIpc) is 3.38. The molecule has 0 fully saturated rings. The zero-order valence-corrected chi connectivity index (χ0v) is 21.5. The molecule has 7 nitrogen and oxygen atoms in total. The predicted octanol–water partition coefficient (Wildman–Crippen LogP) is 5.12. The molecule has 4 rings (SSSR count). The fourth-order valence-electron chi connectivity index (χ4n) is 4.29. The summed E-state index contributed by atoms with van der Waals surface area (Å²) in [6, 6.07) is 8.43. The SMILES string of the molecule is CC(=O)N(CC(=O)OC(C)(C)C)[C@@H]1c2ccccc2C[C@H]1NC(=O)c1cc2sc(Cl)c(Cl)c2[nH]1.